The monoisotopic (exact) mass is 305 g/mol. The fraction of sp³-hybridized carbons (Fsp3) is 0.533. The van der Waals surface area contributed by atoms with E-state index < -0.39 is 0 Å². The molecule has 0 bridgehead atoms. The summed E-state index contributed by atoms with van der Waals surface area (Å²) in [6, 6.07) is 0. The molecule has 0 aromatic carbocycles. The van der Waals surface area contributed by atoms with Gasteiger partial charge in [0.25, 0.3) is 0 Å². The molecular weight excluding hydrogens is 282 g/mol. The highest BCUT2D eigenvalue weighted by Crippen LogP contribution is 2.30. The summed E-state index contributed by atoms with van der Waals surface area (Å²) < 4.78 is 1.92. The van der Waals surface area contributed by atoms with Crippen LogP contribution in [-0.4, -0.2) is 26.3 Å². The highest BCUT2D eigenvalue weighted by molar-refractivity contribution is 7.99. The van der Waals surface area contributed by atoms with Crippen molar-refractivity contribution >= 4 is 11.8 Å². The lowest BCUT2D eigenvalue weighted by atomic mass is 10.2. The minimum absolute atomic E-state index is 0.788. The molecule has 2 rings (SSSR count). The normalized spacial score (nSPS) is 11.1. The highest BCUT2D eigenvalue weighted by Gasteiger charge is 2.16. The Balaban J connectivity index is 2.35. The van der Waals surface area contributed by atoms with Crippen molar-refractivity contribution in [3.8, 4) is 0 Å². The molecule has 0 atom stereocenters. The fourth-order valence-corrected chi connectivity index (χ4v) is 3.19. The van der Waals surface area contributed by atoms with Gasteiger partial charge in [-0.05, 0) is 51.6 Å². The average Bonchev–Trinajstić information content (AvgIpc) is 2.68. The zero-order valence-corrected chi connectivity index (χ0v) is 14.4. The van der Waals surface area contributed by atoms with E-state index >= 15 is 0 Å². The lowest BCUT2D eigenvalue weighted by molar-refractivity contribution is 0.672. The van der Waals surface area contributed by atoms with Crippen LogP contribution in [0.15, 0.2) is 10.2 Å². The van der Waals surface area contributed by atoms with Gasteiger partial charge in [-0.25, -0.2) is 9.97 Å². The maximum absolute atomic E-state index is 4.59. The van der Waals surface area contributed by atoms with Crippen LogP contribution in [0.25, 0.3) is 0 Å². The molecule has 0 amide bonds. The summed E-state index contributed by atoms with van der Waals surface area (Å²) in [5, 5.41) is 9.79. The molecule has 1 N–H and O–H groups in total. The van der Waals surface area contributed by atoms with Crippen LogP contribution in [0.1, 0.15) is 35.1 Å². The molecule has 0 radical (unpaired) electrons. The number of aromatic nitrogens is 4. The highest BCUT2D eigenvalue weighted by atomic mass is 32.2. The Morgan fingerprint density at radius 1 is 1.05 bits per heavy atom. The Labute approximate surface area is 130 Å². The second kappa shape index (κ2) is 6.58. The molecule has 0 saturated heterocycles. The first-order valence-corrected chi connectivity index (χ1v) is 7.98. The molecule has 2 aromatic rings. The molecule has 0 spiro atoms. The third kappa shape index (κ3) is 3.44. The maximum atomic E-state index is 4.59. The van der Waals surface area contributed by atoms with Gasteiger partial charge in [0, 0.05) is 30.5 Å². The zero-order chi connectivity index (χ0) is 15.6. The number of hydrogen-bond donors (Lipinski definition) is 1. The van der Waals surface area contributed by atoms with Crippen molar-refractivity contribution in [3.05, 3.63) is 28.2 Å². The molecule has 21 heavy (non-hydrogen) atoms. The molecule has 2 aromatic heterocycles. The Morgan fingerprint density at radius 2 is 1.67 bits per heavy atom. The third-order valence-electron chi connectivity index (χ3n) is 3.64. The number of nitrogens with zero attached hydrogens (tertiary/aromatic N) is 4. The van der Waals surface area contributed by atoms with Gasteiger partial charge in [0.05, 0.1) is 5.69 Å². The van der Waals surface area contributed by atoms with Crippen molar-refractivity contribution in [1.82, 2.24) is 25.1 Å². The predicted molar refractivity (Wildman–Crippen MR) is 85.7 cm³/mol. The summed E-state index contributed by atoms with van der Waals surface area (Å²) >= 11 is 1.59. The van der Waals surface area contributed by atoms with Crippen LogP contribution in [0, 0.1) is 27.7 Å². The molecular formula is C15H23N5S. The molecule has 0 fully saturated rings. The Hall–Kier alpha value is -1.40. The van der Waals surface area contributed by atoms with Crippen LogP contribution in [-0.2, 0) is 13.6 Å². The third-order valence-corrected chi connectivity index (χ3v) is 4.71. The molecule has 0 aliphatic heterocycles. The van der Waals surface area contributed by atoms with Gasteiger partial charge in [-0.1, -0.05) is 6.92 Å². The van der Waals surface area contributed by atoms with E-state index in [1.165, 1.54) is 5.56 Å². The van der Waals surface area contributed by atoms with Crippen LogP contribution < -0.4 is 5.32 Å². The maximum Gasteiger partial charge on any atom is 0.194 e. The van der Waals surface area contributed by atoms with Gasteiger partial charge in [0.2, 0.25) is 0 Å². The van der Waals surface area contributed by atoms with Crippen LogP contribution in [0.3, 0.4) is 0 Å². The van der Waals surface area contributed by atoms with Gasteiger partial charge in [0.1, 0.15) is 5.03 Å². The first-order chi connectivity index (χ1) is 9.93. The molecule has 2 heterocycles. The van der Waals surface area contributed by atoms with E-state index in [4.69, 9.17) is 0 Å². The molecule has 5 nitrogen and oxygen atoms in total. The van der Waals surface area contributed by atoms with Gasteiger partial charge < -0.3 is 5.32 Å². The molecule has 0 aliphatic rings. The minimum Gasteiger partial charge on any atom is -0.313 e. The minimum atomic E-state index is 0.788. The smallest absolute Gasteiger partial charge is 0.194 e. The molecule has 0 unspecified atom stereocenters. The Bertz CT molecular complexity index is 625. The topological polar surface area (TPSA) is 55.6 Å². The van der Waals surface area contributed by atoms with E-state index in [0.717, 1.165) is 45.9 Å². The first kappa shape index (κ1) is 16.0. The molecule has 0 aliphatic carbocycles. The summed E-state index contributed by atoms with van der Waals surface area (Å²) in [6.45, 7) is 12.0. The lowest BCUT2D eigenvalue weighted by Gasteiger charge is -2.09. The van der Waals surface area contributed by atoms with E-state index in [9.17, 15) is 0 Å². The number of nitrogens with one attached hydrogen (secondary N) is 1. The largest absolute Gasteiger partial charge is 0.313 e. The number of rotatable bonds is 5. The van der Waals surface area contributed by atoms with Gasteiger partial charge in [0.15, 0.2) is 5.16 Å². The second-order valence-electron chi connectivity index (χ2n) is 5.18. The summed E-state index contributed by atoms with van der Waals surface area (Å²) in [5.41, 5.74) is 5.52. The van der Waals surface area contributed by atoms with E-state index in [1.54, 1.807) is 11.8 Å². The van der Waals surface area contributed by atoms with Gasteiger partial charge in [-0.15, -0.1) is 0 Å². The summed E-state index contributed by atoms with van der Waals surface area (Å²) in [7, 11) is 1.97. The van der Waals surface area contributed by atoms with Crippen LogP contribution in [0.2, 0.25) is 0 Å². The van der Waals surface area contributed by atoms with Gasteiger partial charge >= 0.3 is 0 Å². The summed E-state index contributed by atoms with van der Waals surface area (Å²) in [5.74, 6) is 0. The Kier molecular flexibility index (Phi) is 5.00. The van der Waals surface area contributed by atoms with Crippen molar-refractivity contribution in [1.29, 1.82) is 0 Å². The van der Waals surface area contributed by atoms with Gasteiger partial charge in [-0.3, -0.25) is 4.68 Å². The Morgan fingerprint density at radius 3 is 2.24 bits per heavy atom. The van der Waals surface area contributed by atoms with E-state index in [1.807, 2.05) is 32.5 Å². The van der Waals surface area contributed by atoms with Crippen molar-refractivity contribution in [2.45, 2.75) is 51.3 Å². The summed E-state index contributed by atoms with van der Waals surface area (Å²) in [6.07, 6.45) is 0. The van der Waals surface area contributed by atoms with E-state index in [0.29, 0.717) is 0 Å². The van der Waals surface area contributed by atoms with Crippen molar-refractivity contribution in [2.75, 3.05) is 6.54 Å². The lowest BCUT2D eigenvalue weighted by Crippen LogP contribution is -2.13. The second-order valence-corrected chi connectivity index (χ2v) is 6.13. The standard InChI is InChI=1S/C15H23N5S/c1-7-16-8-13-12(5)19-20(6)14(13)21-15-17-10(3)9(2)11(4)18-15/h16H,7-8H2,1-6H3. The molecule has 114 valence electrons. The van der Waals surface area contributed by atoms with Crippen LogP contribution >= 0.6 is 11.8 Å². The van der Waals surface area contributed by atoms with E-state index in [-0.39, 0.29) is 0 Å². The predicted octanol–water partition coefficient (Wildman–Crippen LogP) is 2.70. The van der Waals surface area contributed by atoms with Gasteiger partial charge in [-0.2, -0.15) is 5.10 Å². The molecule has 6 heteroatoms. The molecule has 0 saturated carbocycles. The quantitative estimate of drug-likeness (QED) is 0.861. The van der Waals surface area contributed by atoms with Crippen LogP contribution in [0.5, 0.6) is 0 Å². The number of aryl methyl sites for hydroxylation is 4. The van der Waals surface area contributed by atoms with Crippen molar-refractivity contribution in [2.24, 2.45) is 7.05 Å². The van der Waals surface area contributed by atoms with Crippen molar-refractivity contribution < 1.29 is 0 Å². The average molecular weight is 305 g/mol. The fourth-order valence-electron chi connectivity index (χ4n) is 2.14. The van der Waals surface area contributed by atoms with Crippen molar-refractivity contribution in [3.63, 3.8) is 0 Å². The SMILES string of the molecule is CCNCc1c(C)nn(C)c1Sc1nc(C)c(C)c(C)n1. The van der Waals surface area contributed by atoms with E-state index in [2.05, 4.69) is 34.2 Å². The van der Waals surface area contributed by atoms with Crippen LogP contribution in [0.4, 0.5) is 0 Å². The first-order valence-electron chi connectivity index (χ1n) is 7.16. The number of hydrogen-bond acceptors (Lipinski definition) is 5. The zero-order valence-electron chi connectivity index (χ0n) is 13.6. The summed E-state index contributed by atoms with van der Waals surface area (Å²) in [4.78, 5) is 9.18.